The third-order valence-corrected chi connectivity index (χ3v) is 3.67. The van der Waals surface area contributed by atoms with Crippen LogP contribution in [0.1, 0.15) is 43.0 Å². The van der Waals surface area contributed by atoms with Crippen LogP contribution in [-0.4, -0.2) is 30.5 Å². The summed E-state index contributed by atoms with van der Waals surface area (Å²) in [6.07, 6.45) is 4.10. The van der Waals surface area contributed by atoms with E-state index in [0.717, 1.165) is 32.4 Å². The van der Waals surface area contributed by atoms with Crippen molar-refractivity contribution < 1.29 is 9.72 Å². The lowest BCUT2D eigenvalue weighted by atomic mass is 10.1. The maximum Gasteiger partial charge on any atom is 0.293 e. The molecule has 1 N–H and O–H groups in total. The minimum absolute atomic E-state index is 0.0149. The van der Waals surface area contributed by atoms with Crippen LogP contribution in [0.4, 0.5) is 11.4 Å². The van der Waals surface area contributed by atoms with Gasteiger partial charge in [0.25, 0.3) is 11.6 Å². The van der Waals surface area contributed by atoms with E-state index in [0.29, 0.717) is 17.8 Å². The highest BCUT2D eigenvalue weighted by Crippen LogP contribution is 2.31. The van der Waals surface area contributed by atoms with Crippen LogP contribution in [0.3, 0.4) is 0 Å². The lowest BCUT2D eigenvalue weighted by Crippen LogP contribution is -2.30. The molecule has 0 bridgehead atoms. The van der Waals surface area contributed by atoms with Gasteiger partial charge < -0.3 is 10.2 Å². The molecule has 0 spiro atoms. The average molecular weight is 291 g/mol. The summed E-state index contributed by atoms with van der Waals surface area (Å²) in [4.78, 5) is 24.9. The van der Waals surface area contributed by atoms with Crippen LogP contribution in [0.15, 0.2) is 18.2 Å². The molecule has 0 saturated carbocycles. The molecule has 6 nitrogen and oxygen atoms in total. The van der Waals surface area contributed by atoms with Gasteiger partial charge in [-0.25, -0.2) is 0 Å². The number of nitrogens with zero attached hydrogens (tertiary/aromatic N) is 2. The van der Waals surface area contributed by atoms with Gasteiger partial charge in [-0.3, -0.25) is 14.9 Å². The number of amides is 1. The van der Waals surface area contributed by atoms with Crippen molar-refractivity contribution in [2.45, 2.75) is 32.6 Å². The Labute approximate surface area is 124 Å². The van der Waals surface area contributed by atoms with Crippen molar-refractivity contribution in [3.8, 4) is 0 Å². The maximum absolute atomic E-state index is 11.9. The first-order chi connectivity index (χ1) is 10.1. The molecule has 0 radical (unpaired) electrons. The topological polar surface area (TPSA) is 75.5 Å². The standard InChI is InChI=1S/C15H21N3O3/c1-2-8-16-15(19)12-6-7-13(14(11-12)18(20)21)17-9-4-3-5-10-17/h6-7,11H,2-5,8-10H2,1H3,(H,16,19). The fraction of sp³-hybridized carbons (Fsp3) is 0.533. The summed E-state index contributed by atoms with van der Waals surface area (Å²) in [6.45, 7) is 4.20. The van der Waals surface area contributed by atoms with Gasteiger partial charge in [0.1, 0.15) is 5.69 Å². The number of rotatable bonds is 5. The smallest absolute Gasteiger partial charge is 0.293 e. The Hall–Kier alpha value is -2.11. The fourth-order valence-corrected chi connectivity index (χ4v) is 2.55. The molecule has 0 atom stereocenters. The first kappa shape index (κ1) is 15.3. The first-order valence-corrected chi connectivity index (χ1v) is 7.45. The number of nitrogens with one attached hydrogen (secondary N) is 1. The molecule has 0 unspecified atom stereocenters. The van der Waals surface area contributed by atoms with Crippen LogP contribution < -0.4 is 10.2 Å². The quantitative estimate of drug-likeness (QED) is 0.668. The summed E-state index contributed by atoms with van der Waals surface area (Å²) in [6, 6.07) is 4.75. The molecule has 6 heteroatoms. The van der Waals surface area contributed by atoms with Crippen molar-refractivity contribution in [2.75, 3.05) is 24.5 Å². The highest BCUT2D eigenvalue weighted by Gasteiger charge is 2.22. The molecule has 1 aromatic carbocycles. The Balaban J connectivity index is 2.26. The van der Waals surface area contributed by atoms with Gasteiger partial charge in [0.2, 0.25) is 0 Å². The number of benzene rings is 1. The number of carbonyl (C=O) groups is 1. The number of nitro groups is 1. The van der Waals surface area contributed by atoms with E-state index in [1.165, 1.54) is 12.5 Å². The predicted octanol–water partition coefficient (Wildman–Crippen LogP) is 2.72. The monoisotopic (exact) mass is 291 g/mol. The van der Waals surface area contributed by atoms with E-state index in [2.05, 4.69) is 5.32 Å². The van der Waals surface area contributed by atoms with E-state index in [4.69, 9.17) is 0 Å². The minimum atomic E-state index is -0.402. The summed E-state index contributed by atoms with van der Waals surface area (Å²) >= 11 is 0. The molecule has 2 rings (SSSR count). The zero-order valence-corrected chi connectivity index (χ0v) is 12.3. The lowest BCUT2D eigenvalue weighted by molar-refractivity contribution is -0.384. The number of hydrogen-bond donors (Lipinski definition) is 1. The Morgan fingerprint density at radius 1 is 1.33 bits per heavy atom. The van der Waals surface area contributed by atoms with Crippen LogP contribution in [0, 0.1) is 10.1 Å². The van der Waals surface area contributed by atoms with Crippen LogP contribution in [0.25, 0.3) is 0 Å². The summed E-state index contributed by atoms with van der Waals surface area (Å²) in [5.74, 6) is -0.259. The van der Waals surface area contributed by atoms with Gasteiger partial charge >= 0.3 is 0 Å². The van der Waals surface area contributed by atoms with Gasteiger partial charge in [0, 0.05) is 31.3 Å². The summed E-state index contributed by atoms with van der Waals surface area (Å²) in [7, 11) is 0. The molecular weight excluding hydrogens is 270 g/mol. The molecule has 21 heavy (non-hydrogen) atoms. The molecular formula is C15H21N3O3. The minimum Gasteiger partial charge on any atom is -0.366 e. The number of carbonyl (C=O) groups excluding carboxylic acids is 1. The number of hydrogen-bond acceptors (Lipinski definition) is 4. The van der Waals surface area contributed by atoms with Crippen LogP contribution in [0.5, 0.6) is 0 Å². The number of nitro benzene ring substituents is 1. The highest BCUT2D eigenvalue weighted by molar-refractivity contribution is 5.95. The Bertz CT molecular complexity index is 525. The second-order valence-electron chi connectivity index (χ2n) is 5.26. The third kappa shape index (κ3) is 3.71. The van der Waals surface area contributed by atoms with Crippen molar-refractivity contribution in [3.63, 3.8) is 0 Å². The normalized spacial score (nSPS) is 14.8. The van der Waals surface area contributed by atoms with Gasteiger partial charge in [0.05, 0.1) is 4.92 Å². The van der Waals surface area contributed by atoms with E-state index in [9.17, 15) is 14.9 Å². The van der Waals surface area contributed by atoms with E-state index < -0.39 is 4.92 Å². The molecule has 1 aromatic rings. The fourth-order valence-electron chi connectivity index (χ4n) is 2.55. The van der Waals surface area contributed by atoms with Crippen molar-refractivity contribution in [2.24, 2.45) is 0 Å². The summed E-state index contributed by atoms with van der Waals surface area (Å²) in [5.41, 5.74) is 0.976. The Morgan fingerprint density at radius 3 is 2.67 bits per heavy atom. The molecule has 0 aromatic heterocycles. The lowest BCUT2D eigenvalue weighted by Gasteiger charge is -2.28. The second kappa shape index (κ2) is 7.06. The van der Waals surface area contributed by atoms with Gasteiger partial charge in [-0.1, -0.05) is 6.92 Å². The number of piperidine rings is 1. The van der Waals surface area contributed by atoms with Crippen molar-refractivity contribution in [1.29, 1.82) is 0 Å². The van der Waals surface area contributed by atoms with Crippen molar-refractivity contribution in [1.82, 2.24) is 5.32 Å². The molecule has 1 heterocycles. The van der Waals surface area contributed by atoms with Crippen LogP contribution >= 0.6 is 0 Å². The predicted molar refractivity (Wildman–Crippen MR) is 81.8 cm³/mol. The number of anilines is 1. The molecule has 1 saturated heterocycles. The summed E-state index contributed by atoms with van der Waals surface area (Å²) < 4.78 is 0. The molecule has 114 valence electrons. The van der Waals surface area contributed by atoms with Crippen LogP contribution in [-0.2, 0) is 0 Å². The van der Waals surface area contributed by atoms with Crippen molar-refractivity contribution >= 4 is 17.3 Å². The van der Waals surface area contributed by atoms with Gasteiger partial charge in [-0.05, 0) is 37.8 Å². The Kier molecular flexibility index (Phi) is 5.14. The molecule has 1 aliphatic rings. The van der Waals surface area contributed by atoms with Crippen LogP contribution in [0.2, 0.25) is 0 Å². The van der Waals surface area contributed by atoms with Gasteiger partial charge in [-0.15, -0.1) is 0 Å². The van der Waals surface area contributed by atoms with E-state index in [1.807, 2.05) is 11.8 Å². The van der Waals surface area contributed by atoms with E-state index >= 15 is 0 Å². The maximum atomic E-state index is 11.9. The van der Waals surface area contributed by atoms with Crippen molar-refractivity contribution in [3.05, 3.63) is 33.9 Å². The van der Waals surface area contributed by atoms with E-state index in [1.54, 1.807) is 12.1 Å². The highest BCUT2D eigenvalue weighted by atomic mass is 16.6. The Morgan fingerprint density at radius 2 is 2.05 bits per heavy atom. The third-order valence-electron chi connectivity index (χ3n) is 3.67. The largest absolute Gasteiger partial charge is 0.366 e. The van der Waals surface area contributed by atoms with Gasteiger partial charge in [-0.2, -0.15) is 0 Å². The SMILES string of the molecule is CCCNC(=O)c1ccc(N2CCCCC2)c([N+](=O)[O-])c1. The molecule has 1 fully saturated rings. The molecule has 1 aliphatic heterocycles. The zero-order chi connectivity index (χ0) is 15.2. The zero-order valence-electron chi connectivity index (χ0n) is 12.3. The average Bonchev–Trinajstić information content (AvgIpc) is 2.52. The second-order valence-corrected chi connectivity index (χ2v) is 5.26. The van der Waals surface area contributed by atoms with E-state index in [-0.39, 0.29) is 11.6 Å². The summed E-state index contributed by atoms with van der Waals surface area (Å²) in [5, 5.41) is 14.0. The van der Waals surface area contributed by atoms with Gasteiger partial charge in [0.15, 0.2) is 0 Å². The molecule has 1 amide bonds. The first-order valence-electron chi connectivity index (χ1n) is 7.45. The molecule has 0 aliphatic carbocycles.